The summed E-state index contributed by atoms with van der Waals surface area (Å²) in [5.74, 6) is 0.0665. The highest BCUT2D eigenvalue weighted by atomic mass is 16.3. The normalized spacial score (nSPS) is 14.1. The van der Waals surface area contributed by atoms with Gasteiger partial charge in [0.1, 0.15) is 17.2 Å². The van der Waals surface area contributed by atoms with Gasteiger partial charge in [-0.2, -0.15) is 0 Å². The zero-order chi connectivity index (χ0) is 22.1. The van der Waals surface area contributed by atoms with E-state index in [1.54, 1.807) is 36.2 Å². The van der Waals surface area contributed by atoms with Crippen LogP contribution in [0.1, 0.15) is 53.2 Å². The van der Waals surface area contributed by atoms with Crippen LogP contribution in [0.3, 0.4) is 0 Å². The van der Waals surface area contributed by atoms with Crippen LogP contribution in [0.5, 0.6) is 0 Å². The minimum Gasteiger partial charge on any atom is -0.394 e. The minimum atomic E-state index is -0.480. The van der Waals surface area contributed by atoms with Gasteiger partial charge in [0.25, 0.3) is 11.8 Å². The summed E-state index contributed by atoms with van der Waals surface area (Å²) in [5.41, 5.74) is 1.87. The number of nitrogens with one attached hydrogen (secondary N) is 1. The van der Waals surface area contributed by atoms with Crippen LogP contribution in [0.15, 0.2) is 30.5 Å². The molecular weight excluding hydrogens is 400 g/mol. The number of hydrogen-bond acceptors (Lipinski definition) is 8. The van der Waals surface area contributed by atoms with Crippen molar-refractivity contribution in [2.24, 2.45) is 0 Å². The van der Waals surface area contributed by atoms with Gasteiger partial charge in [-0.3, -0.25) is 14.6 Å². The topological polar surface area (TPSA) is 139 Å². The number of carbonyl (C=O) groups excluding carboxylic acids is 2. The largest absolute Gasteiger partial charge is 0.394 e. The molecule has 0 aromatic carbocycles. The molecule has 0 bridgehead atoms. The Morgan fingerprint density at radius 3 is 2.84 bits per heavy atom. The maximum Gasteiger partial charge on any atom is 0.275 e. The van der Waals surface area contributed by atoms with Gasteiger partial charge in [-0.1, -0.05) is 6.07 Å². The van der Waals surface area contributed by atoms with Crippen LogP contribution in [-0.2, 0) is 6.54 Å². The van der Waals surface area contributed by atoms with Crippen molar-refractivity contribution in [3.8, 4) is 11.5 Å². The molecule has 2 amide bonds. The first-order valence-electron chi connectivity index (χ1n) is 9.86. The second kappa shape index (κ2) is 8.19. The SMILES string of the molecule is CC(C)N1Cc2cnc(C(=O)Nc3cccc(-c4nnnn4C(C)CO)n3)cc2C1=O. The summed E-state index contributed by atoms with van der Waals surface area (Å²) >= 11 is 0. The number of rotatable bonds is 6. The molecule has 0 spiro atoms. The summed E-state index contributed by atoms with van der Waals surface area (Å²) in [4.78, 5) is 35.7. The molecule has 3 aromatic heterocycles. The molecule has 3 aromatic rings. The lowest BCUT2D eigenvalue weighted by Crippen LogP contribution is -2.30. The van der Waals surface area contributed by atoms with Crippen molar-refractivity contribution >= 4 is 17.6 Å². The number of anilines is 1. The lowest BCUT2D eigenvalue weighted by Gasteiger charge is -2.19. The van der Waals surface area contributed by atoms with Crippen LogP contribution in [0.2, 0.25) is 0 Å². The van der Waals surface area contributed by atoms with E-state index in [1.807, 2.05) is 13.8 Å². The van der Waals surface area contributed by atoms with E-state index in [2.05, 4.69) is 30.8 Å². The molecule has 1 aliphatic rings. The zero-order valence-electron chi connectivity index (χ0n) is 17.3. The van der Waals surface area contributed by atoms with Crippen molar-refractivity contribution in [3.63, 3.8) is 0 Å². The van der Waals surface area contributed by atoms with Gasteiger partial charge in [0.2, 0.25) is 5.82 Å². The molecular formula is C20H22N8O3. The second-order valence-electron chi connectivity index (χ2n) is 7.59. The molecule has 31 heavy (non-hydrogen) atoms. The molecule has 4 heterocycles. The van der Waals surface area contributed by atoms with E-state index in [0.29, 0.717) is 23.6 Å². The van der Waals surface area contributed by atoms with Crippen LogP contribution in [-0.4, -0.2) is 64.6 Å². The summed E-state index contributed by atoms with van der Waals surface area (Å²) in [6.07, 6.45) is 1.57. The molecule has 2 N–H and O–H groups in total. The Kier molecular flexibility index (Phi) is 5.42. The smallest absolute Gasteiger partial charge is 0.275 e. The number of nitrogens with zero attached hydrogens (tertiary/aromatic N) is 7. The summed E-state index contributed by atoms with van der Waals surface area (Å²) in [6.45, 7) is 6.02. The summed E-state index contributed by atoms with van der Waals surface area (Å²) in [7, 11) is 0. The van der Waals surface area contributed by atoms with Crippen molar-refractivity contribution in [3.05, 3.63) is 47.3 Å². The third-order valence-corrected chi connectivity index (χ3v) is 5.07. The van der Waals surface area contributed by atoms with E-state index in [1.165, 1.54) is 10.7 Å². The number of hydrogen-bond donors (Lipinski definition) is 2. The van der Waals surface area contributed by atoms with E-state index < -0.39 is 5.91 Å². The Hall–Kier alpha value is -3.73. The first-order chi connectivity index (χ1) is 14.9. The third-order valence-electron chi connectivity index (χ3n) is 5.07. The van der Waals surface area contributed by atoms with Gasteiger partial charge in [-0.25, -0.2) is 9.67 Å². The Morgan fingerprint density at radius 2 is 2.10 bits per heavy atom. The van der Waals surface area contributed by atoms with Crippen molar-refractivity contribution in [2.45, 2.75) is 39.4 Å². The van der Waals surface area contributed by atoms with Crippen LogP contribution in [0.4, 0.5) is 5.82 Å². The number of fused-ring (bicyclic) bond motifs is 1. The predicted molar refractivity (Wildman–Crippen MR) is 110 cm³/mol. The molecule has 0 saturated carbocycles. The first-order valence-corrected chi connectivity index (χ1v) is 9.86. The number of aliphatic hydroxyl groups is 1. The highest BCUT2D eigenvalue weighted by Gasteiger charge is 2.30. The molecule has 1 atom stereocenters. The fourth-order valence-electron chi connectivity index (χ4n) is 3.31. The molecule has 0 radical (unpaired) electrons. The second-order valence-corrected chi connectivity index (χ2v) is 7.59. The van der Waals surface area contributed by atoms with Crippen molar-refractivity contribution in [1.82, 2.24) is 35.1 Å². The molecule has 11 heteroatoms. The van der Waals surface area contributed by atoms with Crippen molar-refractivity contribution < 1.29 is 14.7 Å². The Bertz CT molecular complexity index is 1140. The number of pyridine rings is 2. The zero-order valence-corrected chi connectivity index (χ0v) is 17.3. The van der Waals surface area contributed by atoms with E-state index in [9.17, 15) is 14.7 Å². The predicted octanol–water partition coefficient (Wildman–Crippen LogP) is 1.30. The fraction of sp³-hybridized carbons (Fsp3) is 0.350. The average molecular weight is 422 g/mol. The third kappa shape index (κ3) is 3.87. The van der Waals surface area contributed by atoms with Gasteiger partial charge < -0.3 is 15.3 Å². The summed E-state index contributed by atoms with van der Waals surface area (Å²) < 4.78 is 1.46. The van der Waals surface area contributed by atoms with E-state index in [0.717, 1.165) is 5.56 Å². The molecule has 1 aliphatic heterocycles. The average Bonchev–Trinajstić information content (AvgIpc) is 3.38. The van der Waals surface area contributed by atoms with E-state index in [4.69, 9.17) is 0 Å². The highest BCUT2D eigenvalue weighted by molar-refractivity contribution is 6.05. The number of tetrazole rings is 1. The molecule has 0 fully saturated rings. The number of carbonyl (C=O) groups is 2. The molecule has 0 saturated heterocycles. The fourth-order valence-corrected chi connectivity index (χ4v) is 3.31. The Labute approximate surface area is 178 Å². The van der Waals surface area contributed by atoms with Crippen LogP contribution < -0.4 is 5.32 Å². The minimum absolute atomic E-state index is 0.0641. The standard InChI is InChI=1S/C20H22N8O3/c1-11(2)27-9-13-8-21-16(7-14(13)20(27)31)19(30)23-17-6-4-5-15(22-17)18-24-25-26-28(18)12(3)10-29/h4-8,11-12,29H,9-10H2,1-3H3,(H,22,23,30). The summed E-state index contributed by atoms with van der Waals surface area (Å²) in [5, 5.41) is 23.6. The monoisotopic (exact) mass is 422 g/mol. The van der Waals surface area contributed by atoms with Crippen LogP contribution >= 0.6 is 0 Å². The molecule has 1 unspecified atom stereocenters. The highest BCUT2D eigenvalue weighted by Crippen LogP contribution is 2.25. The van der Waals surface area contributed by atoms with Crippen molar-refractivity contribution in [2.75, 3.05) is 11.9 Å². The molecule has 4 rings (SSSR count). The number of aromatic nitrogens is 6. The maximum absolute atomic E-state index is 12.7. The van der Waals surface area contributed by atoms with Crippen molar-refractivity contribution in [1.29, 1.82) is 0 Å². The van der Waals surface area contributed by atoms with E-state index in [-0.39, 0.29) is 36.1 Å². The van der Waals surface area contributed by atoms with Crippen LogP contribution in [0, 0.1) is 0 Å². The lowest BCUT2D eigenvalue weighted by molar-refractivity contribution is 0.0730. The van der Waals surface area contributed by atoms with Gasteiger partial charge in [0.05, 0.1) is 12.6 Å². The van der Waals surface area contributed by atoms with Gasteiger partial charge >= 0.3 is 0 Å². The van der Waals surface area contributed by atoms with Gasteiger partial charge in [0, 0.05) is 29.9 Å². The van der Waals surface area contributed by atoms with Gasteiger partial charge in [-0.15, -0.1) is 5.10 Å². The van der Waals surface area contributed by atoms with Gasteiger partial charge in [-0.05, 0) is 49.4 Å². The molecule has 160 valence electrons. The first kappa shape index (κ1) is 20.5. The molecule has 11 nitrogen and oxygen atoms in total. The maximum atomic E-state index is 12.7. The Morgan fingerprint density at radius 1 is 1.29 bits per heavy atom. The van der Waals surface area contributed by atoms with E-state index >= 15 is 0 Å². The van der Waals surface area contributed by atoms with Gasteiger partial charge in [0.15, 0.2) is 0 Å². The summed E-state index contributed by atoms with van der Waals surface area (Å²) in [6, 6.07) is 6.29. The quantitative estimate of drug-likeness (QED) is 0.606. The molecule has 0 aliphatic carbocycles. The number of amides is 2. The number of aliphatic hydroxyl groups excluding tert-OH is 1. The lowest BCUT2D eigenvalue weighted by atomic mass is 10.1. The van der Waals surface area contributed by atoms with Crippen LogP contribution in [0.25, 0.3) is 11.5 Å². The Balaban J connectivity index is 1.55.